The van der Waals surface area contributed by atoms with Crippen molar-refractivity contribution in [1.82, 2.24) is 9.80 Å². The Labute approximate surface area is 99.4 Å². The molecular weight excluding hydrogens is 230 g/mol. The summed E-state index contributed by atoms with van der Waals surface area (Å²) in [6, 6.07) is 0. The third-order valence-electron chi connectivity index (χ3n) is 2.54. The topological polar surface area (TPSA) is 41.7 Å². The van der Waals surface area contributed by atoms with Gasteiger partial charge in [0.05, 0.1) is 26.0 Å². The fourth-order valence-electron chi connectivity index (χ4n) is 1.64. The molecule has 0 saturated carbocycles. The molecule has 0 aliphatic carbocycles. The monoisotopic (exact) mass is 245 g/mol. The molecule has 2 unspecified atom stereocenters. The first-order valence-electron chi connectivity index (χ1n) is 4.92. The number of thioether (sulfide) groups is 1. The molecule has 0 bridgehead atoms. The molecule has 2 heterocycles. The summed E-state index contributed by atoms with van der Waals surface area (Å²) in [4.78, 5) is 4.41. The highest BCUT2D eigenvalue weighted by molar-refractivity contribution is 8.04. The number of hydrogen-bond acceptors (Lipinski definition) is 6. The molecule has 0 amide bonds. The van der Waals surface area contributed by atoms with Crippen LogP contribution in [0.25, 0.3) is 0 Å². The predicted octanol–water partition coefficient (Wildman–Crippen LogP) is 0.407. The maximum Gasteiger partial charge on any atom is 0.108 e. The lowest BCUT2D eigenvalue weighted by Gasteiger charge is -2.36. The van der Waals surface area contributed by atoms with Crippen LogP contribution in [-0.2, 0) is 4.74 Å². The Morgan fingerprint density at radius 2 is 2.53 bits per heavy atom. The van der Waals surface area contributed by atoms with E-state index in [1.54, 1.807) is 17.1 Å². The van der Waals surface area contributed by atoms with Gasteiger partial charge in [-0.3, -0.25) is 4.90 Å². The summed E-state index contributed by atoms with van der Waals surface area (Å²) < 4.78 is 5.29. The number of hydrogen-bond donors (Lipinski definition) is 1. The van der Waals surface area contributed by atoms with Gasteiger partial charge < -0.3 is 15.4 Å². The van der Waals surface area contributed by atoms with E-state index >= 15 is 0 Å². The summed E-state index contributed by atoms with van der Waals surface area (Å²) >= 11 is 6.71. The number of rotatable bonds is 3. The van der Waals surface area contributed by atoms with Crippen molar-refractivity contribution < 1.29 is 4.74 Å². The molecule has 2 N–H and O–H groups in total. The molecule has 15 heavy (non-hydrogen) atoms. The van der Waals surface area contributed by atoms with Crippen LogP contribution in [0.15, 0.2) is 11.6 Å². The molecule has 2 atom stereocenters. The highest BCUT2D eigenvalue weighted by atomic mass is 32.2. The Kier molecular flexibility index (Phi) is 3.99. The van der Waals surface area contributed by atoms with Gasteiger partial charge in [0.2, 0.25) is 0 Å². The predicted molar refractivity (Wildman–Crippen MR) is 66.4 cm³/mol. The zero-order valence-electron chi connectivity index (χ0n) is 8.41. The summed E-state index contributed by atoms with van der Waals surface area (Å²) in [7, 11) is 0. The highest BCUT2D eigenvalue weighted by Crippen LogP contribution is 2.24. The van der Waals surface area contributed by atoms with E-state index in [2.05, 4.69) is 21.4 Å². The second-order valence-corrected chi connectivity index (χ2v) is 4.86. The Morgan fingerprint density at radius 1 is 1.67 bits per heavy atom. The molecule has 2 aliphatic rings. The molecule has 0 spiro atoms. The standard InChI is InChI=1S/C9H15N3OS2/c10-8-5-13-3-1-11(8)7-12-2-4-15-9(12)6-14/h2,4,6,8-9H,1,3,5,7,10H2. The normalized spacial score (nSPS) is 32.2. The van der Waals surface area contributed by atoms with Crippen LogP contribution < -0.4 is 5.73 Å². The van der Waals surface area contributed by atoms with Gasteiger partial charge in [-0.05, 0) is 5.41 Å². The maximum absolute atomic E-state index is 5.95. The van der Waals surface area contributed by atoms with Gasteiger partial charge in [0.1, 0.15) is 5.37 Å². The van der Waals surface area contributed by atoms with Gasteiger partial charge in [-0.2, -0.15) is 0 Å². The fourth-order valence-corrected chi connectivity index (χ4v) is 2.73. The molecule has 0 radical (unpaired) electrons. The summed E-state index contributed by atoms with van der Waals surface area (Å²) in [6.45, 7) is 3.10. The molecule has 0 aromatic heterocycles. The van der Waals surface area contributed by atoms with Crippen LogP contribution in [0.4, 0.5) is 0 Å². The lowest BCUT2D eigenvalue weighted by atomic mass is 10.4. The van der Waals surface area contributed by atoms with Crippen molar-refractivity contribution in [3.8, 4) is 0 Å². The van der Waals surface area contributed by atoms with Crippen LogP contribution in [0.3, 0.4) is 0 Å². The third kappa shape index (κ3) is 2.70. The van der Waals surface area contributed by atoms with Crippen molar-refractivity contribution in [3.63, 3.8) is 0 Å². The first kappa shape index (κ1) is 11.3. The van der Waals surface area contributed by atoms with Crippen molar-refractivity contribution in [1.29, 1.82) is 0 Å². The molecule has 1 saturated heterocycles. The van der Waals surface area contributed by atoms with E-state index < -0.39 is 0 Å². The number of thiocarbonyl (C=S) groups is 1. The molecule has 0 aromatic carbocycles. The van der Waals surface area contributed by atoms with Crippen molar-refractivity contribution in [3.05, 3.63) is 11.6 Å². The van der Waals surface area contributed by atoms with Crippen LogP contribution in [0, 0.1) is 0 Å². The van der Waals surface area contributed by atoms with Crippen LogP contribution in [-0.4, -0.2) is 53.1 Å². The second kappa shape index (κ2) is 5.27. The van der Waals surface area contributed by atoms with Crippen molar-refractivity contribution in [2.45, 2.75) is 11.5 Å². The third-order valence-corrected chi connectivity index (χ3v) is 3.93. The highest BCUT2D eigenvalue weighted by Gasteiger charge is 2.24. The number of nitrogens with two attached hydrogens (primary N) is 1. The van der Waals surface area contributed by atoms with E-state index in [-0.39, 0.29) is 11.5 Å². The maximum atomic E-state index is 5.95. The van der Waals surface area contributed by atoms with Gasteiger partial charge in [-0.25, -0.2) is 0 Å². The molecule has 0 aromatic rings. The molecule has 4 nitrogen and oxygen atoms in total. The van der Waals surface area contributed by atoms with Crippen molar-refractivity contribution >= 4 is 29.3 Å². The van der Waals surface area contributed by atoms with Gasteiger partial charge in [0.15, 0.2) is 0 Å². The quantitative estimate of drug-likeness (QED) is 0.726. The van der Waals surface area contributed by atoms with E-state index in [9.17, 15) is 0 Å². The van der Waals surface area contributed by atoms with Crippen LogP contribution in [0.1, 0.15) is 0 Å². The summed E-state index contributed by atoms with van der Waals surface area (Å²) in [5.74, 6) is 0. The van der Waals surface area contributed by atoms with Crippen LogP contribution >= 0.6 is 24.0 Å². The Morgan fingerprint density at radius 3 is 3.27 bits per heavy atom. The van der Waals surface area contributed by atoms with Crippen molar-refractivity contribution in [2.75, 3.05) is 26.4 Å². The minimum Gasteiger partial charge on any atom is -0.377 e. The summed E-state index contributed by atoms with van der Waals surface area (Å²) in [6.07, 6.45) is 2.07. The van der Waals surface area contributed by atoms with E-state index in [0.29, 0.717) is 6.61 Å². The van der Waals surface area contributed by atoms with E-state index in [0.717, 1.165) is 19.8 Å². The zero-order valence-corrected chi connectivity index (χ0v) is 10.0. The SMILES string of the molecule is NC1COCCN1CN1C=CSC1C=S. The second-order valence-electron chi connectivity index (χ2n) is 3.56. The average Bonchev–Trinajstić information content (AvgIpc) is 2.69. The minimum absolute atomic E-state index is 0.00326. The Hall–Kier alpha value is -0.140. The first-order valence-corrected chi connectivity index (χ1v) is 6.33. The molecular formula is C9H15N3OS2. The number of morpholine rings is 1. The molecule has 2 aliphatic heterocycles. The molecule has 2 rings (SSSR count). The van der Waals surface area contributed by atoms with E-state index in [1.807, 2.05) is 0 Å². The van der Waals surface area contributed by atoms with Gasteiger partial charge in [-0.15, -0.1) is 11.8 Å². The lowest BCUT2D eigenvalue weighted by Crippen LogP contribution is -2.54. The molecule has 84 valence electrons. The first-order chi connectivity index (χ1) is 7.31. The minimum atomic E-state index is 0.00326. The smallest absolute Gasteiger partial charge is 0.108 e. The fraction of sp³-hybridized carbons (Fsp3) is 0.667. The molecule has 1 fully saturated rings. The van der Waals surface area contributed by atoms with Gasteiger partial charge >= 0.3 is 0 Å². The zero-order chi connectivity index (χ0) is 10.7. The van der Waals surface area contributed by atoms with Gasteiger partial charge in [0, 0.05) is 18.1 Å². The largest absolute Gasteiger partial charge is 0.377 e. The summed E-state index contributed by atoms with van der Waals surface area (Å²) in [5.41, 5.74) is 5.95. The number of ether oxygens (including phenoxy) is 1. The lowest BCUT2D eigenvalue weighted by molar-refractivity contribution is -0.0221. The number of nitrogens with zero attached hydrogens (tertiary/aromatic N) is 2. The molecule has 6 heteroatoms. The Balaban J connectivity index is 1.89. The van der Waals surface area contributed by atoms with Gasteiger partial charge in [0.25, 0.3) is 0 Å². The van der Waals surface area contributed by atoms with E-state index in [1.165, 1.54) is 0 Å². The van der Waals surface area contributed by atoms with Gasteiger partial charge in [-0.1, -0.05) is 12.2 Å². The Bertz CT molecular complexity index is 262. The van der Waals surface area contributed by atoms with E-state index in [4.69, 9.17) is 22.7 Å². The average molecular weight is 245 g/mol. The van der Waals surface area contributed by atoms with Crippen LogP contribution in [0.2, 0.25) is 0 Å². The summed E-state index contributed by atoms with van der Waals surface area (Å²) in [5, 5.41) is 4.13. The van der Waals surface area contributed by atoms with Crippen LogP contribution in [0.5, 0.6) is 0 Å². The van der Waals surface area contributed by atoms with Crippen molar-refractivity contribution in [2.24, 2.45) is 5.73 Å².